The highest BCUT2D eigenvalue weighted by molar-refractivity contribution is 6.00. The second kappa shape index (κ2) is 12.7. The van der Waals surface area contributed by atoms with Crippen LogP contribution >= 0.6 is 0 Å². The van der Waals surface area contributed by atoms with E-state index in [1.54, 1.807) is 29.4 Å². The number of halogens is 1. The van der Waals surface area contributed by atoms with Gasteiger partial charge in [0, 0.05) is 62.4 Å². The molecule has 0 unspecified atom stereocenters. The van der Waals surface area contributed by atoms with Crippen LogP contribution in [0.3, 0.4) is 0 Å². The van der Waals surface area contributed by atoms with E-state index in [0.29, 0.717) is 49.3 Å². The van der Waals surface area contributed by atoms with Gasteiger partial charge in [0.05, 0.1) is 36.1 Å². The van der Waals surface area contributed by atoms with E-state index in [0.717, 1.165) is 35.0 Å². The first-order valence-electron chi connectivity index (χ1n) is 14.3. The molecule has 0 spiro atoms. The number of hydrogen-bond donors (Lipinski definition) is 2. The number of benzene rings is 2. The molecule has 2 amide bonds. The Bertz CT molecular complexity index is 1620. The predicted octanol–water partition coefficient (Wildman–Crippen LogP) is 2.72. The first-order valence-corrected chi connectivity index (χ1v) is 14.3. The molecule has 2 aromatic heterocycles. The van der Waals surface area contributed by atoms with Crippen molar-refractivity contribution in [3.63, 3.8) is 0 Å². The number of hydrogen-bond acceptors (Lipinski definition) is 7. The molecule has 1 saturated heterocycles. The monoisotopic (exact) mass is 577 g/mol. The Balaban J connectivity index is 1.45. The van der Waals surface area contributed by atoms with Gasteiger partial charge in [0.2, 0.25) is 11.8 Å². The van der Waals surface area contributed by atoms with E-state index in [1.807, 2.05) is 36.2 Å². The Hall–Kier alpha value is -4.32. The van der Waals surface area contributed by atoms with Gasteiger partial charge in [0.25, 0.3) is 0 Å². The Morgan fingerprint density at radius 3 is 2.62 bits per heavy atom. The zero-order valence-electron chi connectivity index (χ0n) is 24.2. The van der Waals surface area contributed by atoms with Crippen molar-refractivity contribution in [2.24, 2.45) is 7.05 Å². The van der Waals surface area contributed by atoms with Crippen molar-refractivity contribution in [1.29, 1.82) is 0 Å². The smallest absolute Gasteiger partial charge is 0.319 e. The topological polar surface area (TPSA) is 123 Å². The number of amides is 2. The van der Waals surface area contributed by atoms with Crippen LogP contribution in [-0.4, -0.2) is 81.6 Å². The second-order valence-corrected chi connectivity index (χ2v) is 10.5. The van der Waals surface area contributed by atoms with Crippen molar-refractivity contribution < 1.29 is 23.5 Å². The molecule has 2 aromatic carbocycles. The summed E-state index contributed by atoms with van der Waals surface area (Å²) < 4.78 is 23.8. The second-order valence-electron chi connectivity index (χ2n) is 10.5. The number of carbonyl (C=O) groups excluding carboxylic acids is 3. The van der Waals surface area contributed by atoms with E-state index in [2.05, 4.69) is 15.7 Å². The summed E-state index contributed by atoms with van der Waals surface area (Å²) in [6.45, 7) is 5.66. The first-order chi connectivity index (χ1) is 20.3. The van der Waals surface area contributed by atoms with E-state index in [1.165, 1.54) is 6.07 Å². The molecule has 3 heterocycles. The van der Waals surface area contributed by atoms with E-state index >= 15 is 4.39 Å². The van der Waals surface area contributed by atoms with Crippen LogP contribution in [0.4, 0.5) is 4.39 Å². The number of fused-ring (bicyclic) bond motifs is 2. The Morgan fingerprint density at radius 1 is 1.10 bits per heavy atom. The molecule has 0 aliphatic carbocycles. The maximum absolute atomic E-state index is 15.6. The summed E-state index contributed by atoms with van der Waals surface area (Å²) in [5, 5.41) is 16.5. The van der Waals surface area contributed by atoms with Gasteiger partial charge in [-0.05, 0) is 43.5 Å². The van der Waals surface area contributed by atoms with Crippen molar-refractivity contribution >= 4 is 39.6 Å². The molecule has 42 heavy (non-hydrogen) atoms. The average molecular weight is 578 g/mol. The number of aromatic nitrogens is 4. The van der Waals surface area contributed by atoms with Crippen LogP contribution in [-0.2, 0) is 32.7 Å². The lowest BCUT2D eigenvalue weighted by Gasteiger charge is -2.30. The molecule has 12 heteroatoms. The van der Waals surface area contributed by atoms with Crippen LogP contribution in [0.1, 0.15) is 38.3 Å². The van der Waals surface area contributed by atoms with Gasteiger partial charge in [-0.15, -0.1) is 0 Å². The van der Waals surface area contributed by atoms with Crippen LogP contribution < -0.4 is 10.6 Å². The number of rotatable bonds is 10. The molecule has 1 aliphatic heterocycles. The highest BCUT2D eigenvalue weighted by atomic mass is 19.1. The van der Waals surface area contributed by atoms with Crippen molar-refractivity contribution in [2.45, 2.75) is 39.2 Å². The molecule has 222 valence electrons. The molecule has 1 fully saturated rings. The highest BCUT2D eigenvalue weighted by Gasteiger charge is 2.28. The summed E-state index contributed by atoms with van der Waals surface area (Å²) in [5.41, 5.74) is 3.49. The van der Waals surface area contributed by atoms with Crippen molar-refractivity contribution in [3.05, 3.63) is 48.0 Å². The minimum Gasteiger partial charge on any atom is -0.465 e. The Morgan fingerprint density at radius 2 is 1.88 bits per heavy atom. The minimum absolute atomic E-state index is 0.0205. The largest absolute Gasteiger partial charge is 0.465 e. The quantitative estimate of drug-likeness (QED) is 0.220. The van der Waals surface area contributed by atoms with Gasteiger partial charge >= 0.3 is 5.97 Å². The molecular weight excluding hydrogens is 541 g/mol. The SMILES string of the molecule is CCOC(=O)CNCCNC(=O)Cn1nc(C2CCN(C(C)=O)CC2)c2c(-c3cc4c(cnn4C)cc3F)cccc21. The van der Waals surface area contributed by atoms with Crippen LogP contribution in [0.5, 0.6) is 0 Å². The summed E-state index contributed by atoms with van der Waals surface area (Å²) in [7, 11) is 1.82. The molecule has 4 aromatic rings. The number of carbonyl (C=O) groups is 3. The third-order valence-corrected chi connectivity index (χ3v) is 7.75. The fourth-order valence-electron chi connectivity index (χ4n) is 5.62. The van der Waals surface area contributed by atoms with Gasteiger partial charge < -0.3 is 20.3 Å². The maximum Gasteiger partial charge on any atom is 0.319 e. The van der Waals surface area contributed by atoms with Crippen molar-refractivity contribution in [2.75, 3.05) is 39.3 Å². The Kier molecular flexibility index (Phi) is 8.81. The fraction of sp³-hybridized carbons (Fsp3) is 0.433. The zero-order valence-corrected chi connectivity index (χ0v) is 24.2. The summed E-state index contributed by atoms with van der Waals surface area (Å²) >= 11 is 0. The summed E-state index contributed by atoms with van der Waals surface area (Å²) in [4.78, 5) is 38.2. The molecule has 0 radical (unpaired) electrons. The number of aryl methyl sites for hydroxylation is 1. The Labute approximate surface area is 243 Å². The molecule has 5 rings (SSSR count). The van der Waals surface area contributed by atoms with Crippen LogP contribution in [0.25, 0.3) is 32.9 Å². The standard InChI is InChI=1S/C30H36FN7O4/c1-4-42-28(41)17-32-10-11-33-27(40)18-38-25-7-5-6-22(23-15-26-21(14-24(23)31)16-34-36(26)3)29(25)30(35-38)20-8-12-37(13-9-20)19(2)39/h5-7,14-16,20,32H,4,8-13,17-18H2,1-3H3,(H,33,40). The van der Waals surface area contributed by atoms with Crippen molar-refractivity contribution in [3.8, 4) is 11.1 Å². The zero-order chi connectivity index (χ0) is 29.8. The first kappa shape index (κ1) is 29.2. The molecule has 11 nitrogen and oxygen atoms in total. The van der Waals surface area contributed by atoms with Gasteiger partial charge in [-0.2, -0.15) is 10.2 Å². The van der Waals surface area contributed by atoms with E-state index < -0.39 is 0 Å². The normalized spacial score (nSPS) is 14.0. The summed E-state index contributed by atoms with van der Waals surface area (Å²) in [6, 6.07) is 8.94. The lowest BCUT2D eigenvalue weighted by Crippen LogP contribution is -2.36. The molecule has 0 saturated carbocycles. The minimum atomic E-state index is -0.360. The van der Waals surface area contributed by atoms with Crippen molar-refractivity contribution in [1.82, 2.24) is 35.1 Å². The number of esters is 1. The van der Waals surface area contributed by atoms with Gasteiger partial charge in [-0.1, -0.05) is 12.1 Å². The van der Waals surface area contributed by atoms with Crippen LogP contribution in [0, 0.1) is 5.82 Å². The van der Waals surface area contributed by atoms with Gasteiger partial charge in [0.1, 0.15) is 12.4 Å². The molecule has 0 bridgehead atoms. The predicted molar refractivity (Wildman–Crippen MR) is 156 cm³/mol. The van der Waals surface area contributed by atoms with E-state index in [9.17, 15) is 14.4 Å². The lowest BCUT2D eigenvalue weighted by molar-refractivity contribution is -0.142. The van der Waals surface area contributed by atoms with Gasteiger partial charge in [-0.25, -0.2) is 4.39 Å². The fourth-order valence-corrected chi connectivity index (χ4v) is 5.62. The van der Waals surface area contributed by atoms with E-state index in [4.69, 9.17) is 9.84 Å². The maximum atomic E-state index is 15.6. The third-order valence-electron chi connectivity index (χ3n) is 7.75. The molecule has 1 aliphatic rings. The summed E-state index contributed by atoms with van der Waals surface area (Å²) in [5.74, 6) is -0.846. The molecule has 0 atom stereocenters. The number of piperidine rings is 1. The van der Waals surface area contributed by atoms with Gasteiger partial charge in [0.15, 0.2) is 0 Å². The number of ether oxygens (including phenoxy) is 1. The van der Waals surface area contributed by atoms with Crippen LogP contribution in [0.15, 0.2) is 36.5 Å². The van der Waals surface area contributed by atoms with E-state index in [-0.39, 0.29) is 42.6 Å². The number of likely N-dealkylation sites (tertiary alicyclic amines) is 1. The van der Waals surface area contributed by atoms with Crippen LogP contribution in [0.2, 0.25) is 0 Å². The lowest BCUT2D eigenvalue weighted by atomic mass is 9.89. The number of nitrogens with one attached hydrogen (secondary N) is 2. The van der Waals surface area contributed by atoms with Gasteiger partial charge in [-0.3, -0.25) is 23.7 Å². The summed E-state index contributed by atoms with van der Waals surface area (Å²) in [6.07, 6.45) is 3.09. The average Bonchev–Trinajstić information content (AvgIpc) is 3.52. The molecule has 2 N–H and O–H groups in total. The third kappa shape index (κ3) is 6.13. The molecular formula is C30H36FN7O4. The number of nitrogens with zero attached hydrogens (tertiary/aromatic N) is 5. The highest BCUT2D eigenvalue weighted by Crippen LogP contribution is 2.39.